The number of hydrogen-bond acceptors (Lipinski definition) is 6. The zero-order valence-corrected chi connectivity index (χ0v) is 15.5. The number of anilines is 2. The standard InChI is InChI=1S/C20H24N4O3/c1-13-21-16(20(25)24-14-5-3-2-4-6-14)12-19(22-13)23-15-7-8-17-18(11-15)27-10-9-26-17/h7-8,11-12,14H,2-6,9-10H2,1H3,(H,24,25)(H,21,22,23). The maximum atomic E-state index is 12.6. The highest BCUT2D eigenvalue weighted by Gasteiger charge is 2.18. The van der Waals surface area contributed by atoms with Crippen LogP contribution in [0.3, 0.4) is 0 Å². The van der Waals surface area contributed by atoms with Crippen LogP contribution in [0.5, 0.6) is 11.5 Å². The number of nitrogens with one attached hydrogen (secondary N) is 2. The monoisotopic (exact) mass is 368 g/mol. The molecule has 2 N–H and O–H groups in total. The van der Waals surface area contributed by atoms with Crippen molar-refractivity contribution in [1.82, 2.24) is 15.3 Å². The smallest absolute Gasteiger partial charge is 0.270 e. The molecule has 1 amide bonds. The van der Waals surface area contributed by atoms with Crippen LogP contribution in [-0.4, -0.2) is 35.1 Å². The average molecular weight is 368 g/mol. The summed E-state index contributed by atoms with van der Waals surface area (Å²) in [5, 5.41) is 6.33. The average Bonchev–Trinajstić information content (AvgIpc) is 2.68. The molecule has 1 aromatic carbocycles. The summed E-state index contributed by atoms with van der Waals surface area (Å²) >= 11 is 0. The molecule has 2 aliphatic rings. The minimum absolute atomic E-state index is 0.141. The second kappa shape index (κ2) is 7.82. The Kier molecular flexibility index (Phi) is 5.09. The maximum absolute atomic E-state index is 12.6. The van der Waals surface area contributed by atoms with E-state index in [1.54, 1.807) is 13.0 Å². The van der Waals surface area contributed by atoms with E-state index in [2.05, 4.69) is 20.6 Å². The molecule has 0 radical (unpaired) electrons. The molecule has 0 atom stereocenters. The SMILES string of the molecule is Cc1nc(Nc2ccc3c(c2)OCCO3)cc(C(=O)NC2CCCCC2)n1. The lowest BCUT2D eigenvalue weighted by Crippen LogP contribution is -2.36. The number of amides is 1. The van der Waals surface area contributed by atoms with Gasteiger partial charge < -0.3 is 20.1 Å². The summed E-state index contributed by atoms with van der Waals surface area (Å²) in [4.78, 5) is 21.3. The number of fused-ring (bicyclic) bond motifs is 1. The van der Waals surface area contributed by atoms with Gasteiger partial charge in [-0.1, -0.05) is 19.3 Å². The first-order valence-corrected chi connectivity index (χ1v) is 9.50. The van der Waals surface area contributed by atoms with Crippen molar-refractivity contribution >= 4 is 17.4 Å². The molecule has 142 valence electrons. The second-order valence-electron chi connectivity index (χ2n) is 6.98. The molecule has 27 heavy (non-hydrogen) atoms. The van der Waals surface area contributed by atoms with Gasteiger partial charge in [-0.2, -0.15) is 0 Å². The lowest BCUT2D eigenvalue weighted by molar-refractivity contribution is 0.0922. The van der Waals surface area contributed by atoms with Gasteiger partial charge in [0.25, 0.3) is 5.91 Å². The lowest BCUT2D eigenvalue weighted by Gasteiger charge is -2.22. The van der Waals surface area contributed by atoms with Crippen LogP contribution < -0.4 is 20.1 Å². The predicted molar refractivity (Wildman–Crippen MR) is 102 cm³/mol. The highest BCUT2D eigenvalue weighted by molar-refractivity contribution is 5.93. The van der Waals surface area contributed by atoms with Gasteiger partial charge in [-0.05, 0) is 31.9 Å². The van der Waals surface area contributed by atoms with E-state index in [-0.39, 0.29) is 11.9 Å². The zero-order valence-electron chi connectivity index (χ0n) is 15.5. The normalized spacial score (nSPS) is 16.6. The molecule has 0 spiro atoms. The third-order valence-electron chi connectivity index (χ3n) is 4.83. The predicted octanol–water partition coefficient (Wildman–Crippen LogP) is 3.36. The molecule has 1 fully saturated rings. The number of carbonyl (C=O) groups is 1. The Morgan fingerprint density at radius 1 is 1.04 bits per heavy atom. The van der Waals surface area contributed by atoms with Crippen molar-refractivity contribution in [2.45, 2.75) is 45.1 Å². The van der Waals surface area contributed by atoms with Gasteiger partial charge in [0.2, 0.25) is 0 Å². The third kappa shape index (κ3) is 4.30. The Bertz CT molecular complexity index is 834. The number of rotatable bonds is 4. The van der Waals surface area contributed by atoms with Gasteiger partial charge in [-0.25, -0.2) is 9.97 Å². The quantitative estimate of drug-likeness (QED) is 0.861. The van der Waals surface area contributed by atoms with Crippen LogP contribution >= 0.6 is 0 Å². The topological polar surface area (TPSA) is 85.4 Å². The van der Waals surface area contributed by atoms with Gasteiger partial charge in [0.1, 0.15) is 30.5 Å². The van der Waals surface area contributed by atoms with Crippen molar-refractivity contribution in [3.63, 3.8) is 0 Å². The van der Waals surface area contributed by atoms with Gasteiger partial charge in [-0.15, -0.1) is 0 Å². The third-order valence-corrected chi connectivity index (χ3v) is 4.83. The number of nitrogens with zero attached hydrogens (tertiary/aromatic N) is 2. The maximum Gasteiger partial charge on any atom is 0.270 e. The summed E-state index contributed by atoms with van der Waals surface area (Å²) in [6, 6.07) is 7.56. The summed E-state index contributed by atoms with van der Waals surface area (Å²) in [7, 11) is 0. The highest BCUT2D eigenvalue weighted by atomic mass is 16.6. The summed E-state index contributed by atoms with van der Waals surface area (Å²) in [5.41, 5.74) is 1.20. The van der Waals surface area contributed by atoms with E-state index in [1.807, 2.05) is 18.2 Å². The fourth-order valence-electron chi connectivity index (χ4n) is 3.52. The Hall–Kier alpha value is -2.83. The number of aromatic nitrogens is 2. The van der Waals surface area contributed by atoms with E-state index in [0.717, 1.165) is 24.3 Å². The number of carbonyl (C=O) groups excluding carboxylic acids is 1. The molecule has 1 aliphatic heterocycles. The highest BCUT2D eigenvalue weighted by Crippen LogP contribution is 2.33. The van der Waals surface area contributed by atoms with E-state index < -0.39 is 0 Å². The largest absolute Gasteiger partial charge is 0.486 e. The Labute approximate surface area is 158 Å². The zero-order chi connectivity index (χ0) is 18.6. The molecule has 1 saturated carbocycles. The number of aryl methyl sites for hydroxylation is 1. The molecule has 0 bridgehead atoms. The molecule has 4 rings (SSSR count). The van der Waals surface area contributed by atoms with E-state index in [1.165, 1.54) is 19.3 Å². The molecule has 1 aliphatic carbocycles. The van der Waals surface area contributed by atoms with Crippen molar-refractivity contribution in [3.05, 3.63) is 35.8 Å². The van der Waals surface area contributed by atoms with Gasteiger partial charge >= 0.3 is 0 Å². The second-order valence-corrected chi connectivity index (χ2v) is 6.98. The fourth-order valence-corrected chi connectivity index (χ4v) is 3.52. The summed E-state index contributed by atoms with van der Waals surface area (Å²) in [5.74, 6) is 2.42. The first-order chi connectivity index (χ1) is 13.2. The van der Waals surface area contributed by atoms with E-state index >= 15 is 0 Å². The Morgan fingerprint density at radius 3 is 2.63 bits per heavy atom. The number of hydrogen-bond donors (Lipinski definition) is 2. The molecule has 7 nitrogen and oxygen atoms in total. The van der Waals surface area contributed by atoms with Gasteiger partial charge in [0.05, 0.1) is 0 Å². The first kappa shape index (κ1) is 17.6. The van der Waals surface area contributed by atoms with Crippen molar-refractivity contribution in [1.29, 1.82) is 0 Å². The molecule has 2 heterocycles. The van der Waals surface area contributed by atoms with E-state index in [0.29, 0.717) is 36.3 Å². The van der Waals surface area contributed by atoms with Crippen molar-refractivity contribution < 1.29 is 14.3 Å². The summed E-state index contributed by atoms with van der Waals surface area (Å²) in [6.07, 6.45) is 5.67. The van der Waals surface area contributed by atoms with Gasteiger partial charge in [0, 0.05) is 23.9 Å². The minimum Gasteiger partial charge on any atom is -0.486 e. The lowest BCUT2D eigenvalue weighted by atomic mass is 9.95. The summed E-state index contributed by atoms with van der Waals surface area (Å²) in [6.45, 7) is 2.88. The molecule has 1 aromatic heterocycles. The molecular formula is C20H24N4O3. The molecule has 2 aromatic rings. The Morgan fingerprint density at radius 2 is 1.81 bits per heavy atom. The Balaban J connectivity index is 1.49. The first-order valence-electron chi connectivity index (χ1n) is 9.50. The number of benzene rings is 1. The fraction of sp³-hybridized carbons (Fsp3) is 0.450. The molecule has 7 heteroatoms. The van der Waals surface area contributed by atoms with Crippen LogP contribution in [0, 0.1) is 6.92 Å². The van der Waals surface area contributed by atoms with Crippen LogP contribution in [0.1, 0.15) is 48.4 Å². The van der Waals surface area contributed by atoms with Crippen molar-refractivity contribution in [2.24, 2.45) is 0 Å². The summed E-state index contributed by atoms with van der Waals surface area (Å²) < 4.78 is 11.1. The van der Waals surface area contributed by atoms with Crippen molar-refractivity contribution in [2.75, 3.05) is 18.5 Å². The molecule has 0 unspecified atom stereocenters. The van der Waals surface area contributed by atoms with Gasteiger partial charge in [-0.3, -0.25) is 4.79 Å². The number of ether oxygens (including phenoxy) is 2. The van der Waals surface area contributed by atoms with E-state index in [4.69, 9.17) is 9.47 Å². The molecule has 0 saturated heterocycles. The van der Waals surface area contributed by atoms with Crippen LogP contribution in [0.15, 0.2) is 24.3 Å². The van der Waals surface area contributed by atoms with Crippen LogP contribution in [-0.2, 0) is 0 Å². The van der Waals surface area contributed by atoms with E-state index in [9.17, 15) is 4.79 Å². The van der Waals surface area contributed by atoms with Crippen LogP contribution in [0.4, 0.5) is 11.5 Å². The van der Waals surface area contributed by atoms with Crippen LogP contribution in [0.2, 0.25) is 0 Å². The minimum atomic E-state index is -0.141. The van der Waals surface area contributed by atoms with Crippen molar-refractivity contribution in [3.8, 4) is 11.5 Å². The van der Waals surface area contributed by atoms with Crippen LogP contribution in [0.25, 0.3) is 0 Å². The molecular weight excluding hydrogens is 344 g/mol. The van der Waals surface area contributed by atoms with Gasteiger partial charge in [0.15, 0.2) is 11.5 Å².